The number of hydrogen-bond donors (Lipinski definition) is 1. The topological polar surface area (TPSA) is 50.2 Å². The second-order valence-electron chi connectivity index (χ2n) is 4.30. The fourth-order valence-electron chi connectivity index (χ4n) is 1.91. The van der Waals surface area contributed by atoms with Crippen molar-refractivity contribution in [3.8, 4) is 0 Å². The number of halogens is 11. The lowest BCUT2D eigenvalue weighted by Crippen LogP contribution is -2.55. The molecule has 1 aromatic heterocycles. The van der Waals surface area contributed by atoms with E-state index in [9.17, 15) is 39.5 Å². The molecule has 0 atom stereocenters. The van der Waals surface area contributed by atoms with Crippen LogP contribution in [0.2, 0.25) is 5.28 Å². The van der Waals surface area contributed by atoms with Gasteiger partial charge in [0.05, 0.1) is 5.69 Å². The maximum absolute atomic E-state index is 13.2. The van der Waals surface area contributed by atoms with Crippen LogP contribution in [-0.2, 0) is 11.7 Å². The normalized spacial score (nSPS) is 17.9. The number of anilines is 1. The van der Waals surface area contributed by atoms with Gasteiger partial charge in [0.25, 0.3) is 5.54 Å². The summed E-state index contributed by atoms with van der Waals surface area (Å²) in [6.07, 6.45) is -17.9. The summed E-state index contributed by atoms with van der Waals surface area (Å²) in [4.78, 5) is 7.60. The zero-order chi connectivity index (χ0) is 18.7. The Morgan fingerprint density at radius 2 is 1.33 bits per heavy atom. The number of amidine groups is 1. The zero-order valence-electron chi connectivity index (χ0n) is 10.5. The number of aliphatic imine (C=N–C) groups is 1. The van der Waals surface area contributed by atoms with E-state index in [0.717, 1.165) is 0 Å². The lowest BCUT2D eigenvalue weighted by atomic mass is 9.90. The number of nitrogens with zero attached hydrogens (tertiary/aromatic N) is 3. The lowest BCUT2D eigenvalue weighted by molar-refractivity contribution is -0.301. The van der Waals surface area contributed by atoms with Gasteiger partial charge in [-0.25, -0.2) is 15.0 Å². The van der Waals surface area contributed by atoms with Crippen LogP contribution in [0.4, 0.5) is 45.2 Å². The Labute approximate surface area is 135 Å². The van der Waals surface area contributed by atoms with Crippen LogP contribution in [-0.4, -0.2) is 27.6 Å². The van der Waals surface area contributed by atoms with Crippen LogP contribution in [0.15, 0.2) is 4.99 Å². The first-order chi connectivity index (χ1) is 10.6. The Kier molecular flexibility index (Phi) is 4.12. The predicted molar refractivity (Wildman–Crippen MR) is 62.7 cm³/mol. The van der Waals surface area contributed by atoms with Gasteiger partial charge in [0, 0.05) is 0 Å². The molecule has 0 saturated carbocycles. The molecular formula is C9HCl2F9N4. The molecular weight excluding hydrogens is 406 g/mol. The standard InChI is InChI=1S/C9HCl2F9N4/c10-4-22-2-1(3(23-4)7(12,13)14)21-5(11)24-6(2,8(15,16)17)9(18,19)20/h(H,21,24). The molecule has 0 fully saturated rings. The number of alkyl halides is 9. The Morgan fingerprint density at radius 3 is 1.75 bits per heavy atom. The maximum Gasteiger partial charge on any atom is 0.435 e. The molecule has 134 valence electrons. The Bertz CT molecular complexity index is 693. The van der Waals surface area contributed by atoms with Gasteiger partial charge in [-0.2, -0.15) is 39.5 Å². The van der Waals surface area contributed by atoms with Gasteiger partial charge in [0.2, 0.25) is 5.28 Å². The van der Waals surface area contributed by atoms with Gasteiger partial charge < -0.3 is 5.32 Å². The number of fused-ring (bicyclic) bond motifs is 1. The molecule has 0 aliphatic carbocycles. The van der Waals surface area contributed by atoms with Crippen LogP contribution in [0.1, 0.15) is 11.4 Å². The van der Waals surface area contributed by atoms with E-state index in [1.54, 1.807) is 0 Å². The van der Waals surface area contributed by atoms with Crippen LogP contribution in [0.25, 0.3) is 0 Å². The van der Waals surface area contributed by atoms with E-state index < -0.39 is 51.7 Å². The third kappa shape index (κ3) is 2.72. The average molecular weight is 407 g/mol. The van der Waals surface area contributed by atoms with Gasteiger partial charge in [-0.15, -0.1) is 0 Å². The first kappa shape index (κ1) is 18.8. The number of nitrogens with one attached hydrogen (secondary N) is 1. The molecule has 0 unspecified atom stereocenters. The van der Waals surface area contributed by atoms with Crippen LogP contribution in [0.3, 0.4) is 0 Å². The molecule has 2 rings (SSSR count). The molecule has 1 N–H and O–H groups in total. The summed E-state index contributed by atoms with van der Waals surface area (Å²) in [5.74, 6) is 0. The zero-order valence-corrected chi connectivity index (χ0v) is 12.0. The highest BCUT2D eigenvalue weighted by Gasteiger charge is 2.75. The Balaban J connectivity index is 2.99. The average Bonchev–Trinajstić information content (AvgIpc) is 2.33. The van der Waals surface area contributed by atoms with Gasteiger partial charge in [0.1, 0.15) is 5.69 Å². The predicted octanol–water partition coefficient (Wildman–Crippen LogP) is 4.49. The highest BCUT2D eigenvalue weighted by Crippen LogP contribution is 2.57. The SMILES string of the molecule is FC(F)(F)c1nc(Cl)nc2c1NC(Cl)=NC2(C(F)(F)F)C(F)(F)F. The van der Waals surface area contributed by atoms with Crippen LogP contribution >= 0.6 is 23.2 Å². The molecule has 0 amide bonds. The van der Waals surface area contributed by atoms with Crippen molar-refractivity contribution >= 4 is 34.2 Å². The first-order valence-corrected chi connectivity index (χ1v) is 6.18. The highest BCUT2D eigenvalue weighted by molar-refractivity contribution is 6.67. The summed E-state index contributed by atoms with van der Waals surface area (Å²) in [6.45, 7) is 0. The fraction of sp³-hybridized carbons (Fsp3) is 0.444. The van der Waals surface area contributed by atoms with Crippen LogP contribution < -0.4 is 5.32 Å². The van der Waals surface area contributed by atoms with Gasteiger partial charge in [-0.3, -0.25) is 0 Å². The van der Waals surface area contributed by atoms with E-state index in [0.29, 0.717) is 0 Å². The molecule has 1 aromatic rings. The molecule has 2 heterocycles. The largest absolute Gasteiger partial charge is 0.435 e. The second-order valence-corrected chi connectivity index (χ2v) is 4.99. The summed E-state index contributed by atoms with van der Waals surface area (Å²) in [6, 6.07) is 0. The van der Waals surface area contributed by atoms with Crippen molar-refractivity contribution in [2.24, 2.45) is 4.99 Å². The molecule has 15 heteroatoms. The van der Waals surface area contributed by atoms with E-state index in [2.05, 4.69) is 15.0 Å². The molecule has 1 aliphatic heterocycles. The summed E-state index contributed by atoms with van der Waals surface area (Å²) in [5, 5.41) is -1.58. The molecule has 4 nitrogen and oxygen atoms in total. The van der Waals surface area contributed by atoms with Crippen LogP contribution in [0, 0.1) is 0 Å². The van der Waals surface area contributed by atoms with E-state index in [4.69, 9.17) is 23.2 Å². The van der Waals surface area contributed by atoms with E-state index in [-0.39, 0.29) is 0 Å². The number of rotatable bonds is 0. The number of aromatic nitrogens is 2. The van der Waals surface area contributed by atoms with E-state index in [1.165, 1.54) is 5.32 Å². The van der Waals surface area contributed by atoms with E-state index in [1.807, 2.05) is 0 Å². The van der Waals surface area contributed by atoms with Gasteiger partial charge >= 0.3 is 18.5 Å². The lowest BCUT2D eigenvalue weighted by Gasteiger charge is -2.37. The highest BCUT2D eigenvalue weighted by atomic mass is 35.5. The van der Waals surface area contributed by atoms with Gasteiger partial charge in [-0.05, 0) is 23.2 Å². The smallest absolute Gasteiger partial charge is 0.327 e. The first-order valence-electron chi connectivity index (χ1n) is 5.42. The third-order valence-corrected chi connectivity index (χ3v) is 3.16. The van der Waals surface area contributed by atoms with Crippen molar-refractivity contribution in [3.05, 3.63) is 16.7 Å². The monoisotopic (exact) mass is 406 g/mol. The van der Waals surface area contributed by atoms with Crippen LogP contribution in [0.5, 0.6) is 0 Å². The van der Waals surface area contributed by atoms with Crippen molar-refractivity contribution in [1.29, 1.82) is 0 Å². The quantitative estimate of drug-likeness (QED) is 0.392. The van der Waals surface area contributed by atoms with Crippen molar-refractivity contribution in [2.75, 3.05) is 5.32 Å². The molecule has 0 spiro atoms. The summed E-state index contributed by atoms with van der Waals surface area (Å²) in [7, 11) is 0. The molecule has 24 heavy (non-hydrogen) atoms. The van der Waals surface area contributed by atoms with Crippen molar-refractivity contribution in [1.82, 2.24) is 9.97 Å². The Hall–Kier alpha value is -1.50. The van der Waals surface area contributed by atoms with Crippen molar-refractivity contribution < 1.29 is 39.5 Å². The van der Waals surface area contributed by atoms with Gasteiger partial charge in [-0.1, -0.05) is 0 Å². The minimum Gasteiger partial charge on any atom is -0.327 e. The summed E-state index contributed by atoms with van der Waals surface area (Å²) >= 11 is 10.2. The third-order valence-electron chi connectivity index (χ3n) is 2.81. The van der Waals surface area contributed by atoms with Gasteiger partial charge in [0.15, 0.2) is 11.0 Å². The molecule has 0 saturated heterocycles. The molecule has 0 bridgehead atoms. The molecule has 0 aromatic carbocycles. The minimum absolute atomic E-state index is 1.47. The molecule has 1 aliphatic rings. The maximum atomic E-state index is 13.2. The molecule has 0 radical (unpaired) electrons. The van der Waals surface area contributed by atoms with E-state index >= 15 is 0 Å². The van der Waals surface area contributed by atoms with Crippen molar-refractivity contribution in [2.45, 2.75) is 24.1 Å². The second kappa shape index (κ2) is 5.25. The summed E-state index contributed by atoms with van der Waals surface area (Å²) < 4.78 is 118. The Morgan fingerprint density at radius 1 is 0.833 bits per heavy atom. The number of hydrogen-bond acceptors (Lipinski definition) is 4. The van der Waals surface area contributed by atoms with Crippen molar-refractivity contribution in [3.63, 3.8) is 0 Å². The minimum atomic E-state index is -6.22. The summed E-state index contributed by atoms with van der Waals surface area (Å²) in [5.41, 5.74) is -11.2. The fourth-order valence-corrected chi connectivity index (χ4v) is 2.30.